The van der Waals surface area contributed by atoms with E-state index in [1.165, 1.54) is 19.3 Å². The van der Waals surface area contributed by atoms with Crippen LogP contribution in [0.4, 0.5) is 5.82 Å². The predicted octanol–water partition coefficient (Wildman–Crippen LogP) is 4.81. The summed E-state index contributed by atoms with van der Waals surface area (Å²) < 4.78 is 0. The molecule has 1 rings (SSSR count). The number of anilines is 1. The minimum absolute atomic E-state index is 0.0905. The molecule has 1 unspecified atom stereocenters. The molecular formula is C15H26ClN3. The molecule has 0 radical (unpaired) electrons. The van der Waals surface area contributed by atoms with Gasteiger partial charge in [0.15, 0.2) is 0 Å². The summed E-state index contributed by atoms with van der Waals surface area (Å²) in [7, 11) is 0. The number of nitrogens with one attached hydrogen (secondary N) is 1. The van der Waals surface area contributed by atoms with E-state index in [2.05, 4.69) is 49.9 Å². The summed E-state index contributed by atoms with van der Waals surface area (Å²) in [6, 6.07) is 2.21. The molecule has 108 valence electrons. The lowest BCUT2D eigenvalue weighted by Crippen LogP contribution is -2.20. The Morgan fingerprint density at radius 1 is 1.26 bits per heavy atom. The van der Waals surface area contributed by atoms with Crippen LogP contribution in [0.5, 0.6) is 0 Å². The highest BCUT2D eigenvalue weighted by Crippen LogP contribution is 2.22. The SMILES string of the molecule is CCCCCC(C)Nc1cc(Cl)nc(C(C)(C)C)n1. The zero-order valence-electron chi connectivity index (χ0n) is 12.8. The molecule has 1 N–H and O–H groups in total. The van der Waals surface area contributed by atoms with E-state index in [4.69, 9.17) is 11.6 Å². The van der Waals surface area contributed by atoms with Gasteiger partial charge in [-0.1, -0.05) is 58.6 Å². The van der Waals surface area contributed by atoms with E-state index in [0.29, 0.717) is 11.2 Å². The van der Waals surface area contributed by atoms with Crippen molar-refractivity contribution in [2.75, 3.05) is 5.32 Å². The van der Waals surface area contributed by atoms with Crippen molar-refractivity contribution in [2.45, 2.75) is 71.8 Å². The van der Waals surface area contributed by atoms with Crippen molar-refractivity contribution in [1.29, 1.82) is 0 Å². The fraction of sp³-hybridized carbons (Fsp3) is 0.733. The van der Waals surface area contributed by atoms with Gasteiger partial charge < -0.3 is 5.32 Å². The number of hydrogen-bond acceptors (Lipinski definition) is 3. The standard InChI is InChI=1S/C15H26ClN3/c1-6-7-8-9-11(2)17-13-10-12(16)18-14(19-13)15(3,4)5/h10-11H,6-9H2,1-5H3,(H,17,18,19). The highest BCUT2D eigenvalue weighted by molar-refractivity contribution is 6.29. The van der Waals surface area contributed by atoms with Crippen LogP contribution in [-0.2, 0) is 5.41 Å². The van der Waals surface area contributed by atoms with Crippen molar-refractivity contribution in [2.24, 2.45) is 0 Å². The van der Waals surface area contributed by atoms with Crippen molar-refractivity contribution in [3.05, 3.63) is 17.0 Å². The first-order chi connectivity index (χ1) is 8.82. The van der Waals surface area contributed by atoms with Crippen LogP contribution < -0.4 is 5.32 Å². The molecule has 0 amide bonds. The van der Waals surface area contributed by atoms with Crippen LogP contribution in [0.15, 0.2) is 6.07 Å². The van der Waals surface area contributed by atoms with E-state index in [0.717, 1.165) is 18.1 Å². The second kappa shape index (κ2) is 7.09. The summed E-state index contributed by atoms with van der Waals surface area (Å²) in [4.78, 5) is 8.87. The largest absolute Gasteiger partial charge is 0.367 e. The van der Waals surface area contributed by atoms with Gasteiger partial charge in [0, 0.05) is 17.5 Å². The Morgan fingerprint density at radius 2 is 1.95 bits per heavy atom. The molecule has 0 aromatic carbocycles. The fourth-order valence-corrected chi connectivity index (χ4v) is 2.04. The smallest absolute Gasteiger partial charge is 0.137 e. The van der Waals surface area contributed by atoms with Crippen molar-refractivity contribution >= 4 is 17.4 Å². The molecule has 19 heavy (non-hydrogen) atoms. The first-order valence-corrected chi connectivity index (χ1v) is 7.52. The zero-order chi connectivity index (χ0) is 14.5. The Morgan fingerprint density at radius 3 is 2.53 bits per heavy atom. The Balaban J connectivity index is 2.70. The van der Waals surface area contributed by atoms with Crippen molar-refractivity contribution in [3.8, 4) is 0 Å². The third-order valence-corrected chi connectivity index (χ3v) is 3.19. The van der Waals surface area contributed by atoms with Gasteiger partial charge in [-0.15, -0.1) is 0 Å². The van der Waals surface area contributed by atoms with E-state index < -0.39 is 0 Å². The van der Waals surface area contributed by atoms with Crippen LogP contribution in [-0.4, -0.2) is 16.0 Å². The van der Waals surface area contributed by atoms with E-state index in [1.807, 2.05) is 0 Å². The molecule has 0 spiro atoms. The average Bonchev–Trinajstić information content (AvgIpc) is 2.27. The summed E-state index contributed by atoms with van der Waals surface area (Å²) in [5.74, 6) is 1.61. The lowest BCUT2D eigenvalue weighted by molar-refractivity contribution is 0.544. The molecule has 0 bridgehead atoms. The van der Waals surface area contributed by atoms with Crippen LogP contribution in [0.1, 0.15) is 66.1 Å². The Bertz CT molecular complexity index is 399. The Kier molecular flexibility index (Phi) is 6.05. The van der Waals surface area contributed by atoms with E-state index in [-0.39, 0.29) is 5.41 Å². The molecule has 0 saturated heterocycles. The first-order valence-electron chi connectivity index (χ1n) is 7.14. The van der Waals surface area contributed by atoms with Crippen LogP contribution in [0, 0.1) is 0 Å². The Labute approximate surface area is 122 Å². The van der Waals surface area contributed by atoms with Crippen LogP contribution in [0.2, 0.25) is 5.15 Å². The van der Waals surface area contributed by atoms with Crippen molar-refractivity contribution < 1.29 is 0 Å². The minimum Gasteiger partial charge on any atom is -0.367 e. The first kappa shape index (κ1) is 16.2. The maximum absolute atomic E-state index is 6.08. The fourth-order valence-electron chi connectivity index (χ4n) is 1.85. The molecule has 1 aromatic rings. The van der Waals surface area contributed by atoms with Gasteiger partial charge in [-0.3, -0.25) is 0 Å². The van der Waals surface area contributed by atoms with Gasteiger partial charge in [-0.25, -0.2) is 9.97 Å². The van der Waals surface area contributed by atoms with Gasteiger partial charge in [0.1, 0.15) is 16.8 Å². The summed E-state index contributed by atoms with van der Waals surface area (Å²) in [6.45, 7) is 10.7. The minimum atomic E-state index is -0.0905. The van der Waals surface area contributed by atoms with Gasteiger partial charge in [-0.05, 0) is 13.3 Å². The van der Waals surface area contributed by atoms with Crippen LogP contribution in [0.3, 0.4) is 0 Å². The summed E-state index contributed by atoms with van der Waals surface area (Å²) in [6.07, 6.45) is 4.93. The van der Waals surface area contributed by atoms with E-state index >= 15 is 0 Å². The normalized spacial score (nSPS) is 13.4. The highest BCUT2D eigenvalue weighted by Gasteiger charge is 2.19. The molecule has 4 heteroatoms. The number of halogens is 1. The van der Waals surface area contributed by atoms with Gasteiger partial charge >= 0.3 is 0 Å². The number of hydrogen-bond donors (Lipinski definition) is 1. The van der Waals surface area contributed by atoms with Crippen LogP contribution in [0.25, 0.3) is 0 Å². The molecule has 0 aliphatic rings. The molecule has 3 nitrogen and oxygen atoms in total. The molecule has 1 atom stereocenters. The van der Waals surface area contributed by atoms with Crippen molar-refractivity contribution in [1.82, 2.24) is 9.97 Å². The lowest BCUT2D eigenvalue weighted by atomic mass is 9.96. The van der Waals surface area contributed by atoms with Gasteiger partial charge in [0.25, 0.3) is 0 Å². The summed E-state index contributed by atoms with van der Waals surface area (Å²) in [5.41, 5.74) is -0.0905. The van der Waals surface area contributed by atoms with Gasteiger partial charge in [0.2, 0.25) is 0 Å². The number of rotatable bonds is 6. The number of nitrogens with zero attached hydrogens (tertiary/aromatic N) is 2. The predicted molar refractivity (Wildman–Crippen MR) is 83.0 cm³/mol. The van der Waals surface area contributed by atoms with E-state index in [9.17, 15) is 0 Å². The summed E-state index contributed by atoms with van der Waals surface area (Å²) in [5, 5.41) is 3.92. The summed E-state index contributed by atoms with van der Waals surface area (Å²) >= 11 is 6.08. The number of aromatic nitrogens is 2. The van der Waals surface area contributed by atoms with Crippen LogP contribution >= 0.6 is 11.6 Å². The third-order valence-electron chi connectivity index (χ3n) is 3.00. The van der Waals surface area contributed by atoms with Crippen molar-refractivity contribution in [3.63, 3.8) is 0 Å². The molecule has 0 aliphatic carbocycles. The quantitative estimate of drug-likeness (QED) is 0.601. The maximum atomic E-state index is 6.08. The molecule has 1 aromatic heterocycles. The molecule has 0 fully saturated rings. The van der Waals surface area contributed by atoms with Gasteiger partial charge in [-0.2, -0.15) is 0 Å². The monoisotopic (exact) mass is 283 g/mol. The second-order valence-electron chi connectivity index (χ2n) is 6.19. The Hall–Kier alpha value is -0.830. The molecule has 1 heterocycles. The topological polar surface area (TPSA) is 37.8 Å². The molecule has 0 saturated carbocycles. The molecule has 0 aliphatic heterocycles. The number of unbranched alkanes of at least 4 members (excludes halogenated alkanes) is 2. The van der Waals surface area contributed by atoms with E-state index in [1.54, 1.807) is 6.07 Å². The maximum Gasteiger partial charge on any atom is 0.137 e. The molecular weight excluding hydrogens is 258 g/mol. The third kappa shape index (κ3) is 5.77. The zero-order valence-corrected chi connectivity index (χ0v) is 13.5. The second-order valence-corrected chi connectivity index (χ2v) is 6.58. The highest BCUT2D eigenvalue weighted by atomic mass is 35.5. The average molecular weight is 284 g/mol. The van der Waals surface area contributed by atoms with Gasteiger partial charge in [0.05, 0.1) is 0 Å². The lowest BCUT2D eigenvalue weighted by Gasteiger charge is -2.19.